The number of carbonyl (C=O) groups excluding carboxylic acids is 3. The molecule has 3 saturated carbocycles. The molecule has 8 nitrogen and oxygen atoms in total. The van der Waals surface area contributed by atoms with E-state index >= 15 is 0 Å². The van der Waals surface area contributed by atoms with Crippen molar-refractivity contribution in [1.29, 1.82) is 0 Å². The number of phenolic OH excluding ortho intramolecular Hbond substituents is 1. The fourth-order valence-electron chi connectivity index (χ4n) is 9.15. The van der Waals surface area contributed by atoms with E-state index in [9.17, 15) is 34.8 Å². The van der Waals surface area contributed by atoms with Gasteiger partial charge >= 0.3 is 0 Å². The molecule has 0 spiro atoms. The number of alkyl halides is 1. The Kier molecular flexibility index (Phi) is 6.35. The van der Waals surface area contributed by atoms with Crippen molar-refractivity contribution in [3.05, 3.63) is 28.8 Å². The number of Topliss-reactive ketones (excluding diaryl/α,β-unsaturated/α-hetero) is 2. The second-order valence-electron chi connectivity index (χ2n) is 13.1. The molecular formula is C29H38ClNO7. The summed E-state index contributed by atoms with van der Waals surface area (Å²) in [5.74, 6) is -6.70. The highest BCUT2D eigenvalue weighted by molar-refractivity contribution is 6.20. The number of hydrogen-bond donors (Lipinski definition) is 5. The Labute approximate surface area is 227 Å². The zero-order valence-corrected chi connectivity index (χ0v) is 23.0. The molecule has 4 unspecified atom stereocenters. The van der Waals surface area contributed by atoms with Gasteiger partial charge in [-0.3, -0.25) is 14.4 Å². The number of halogens is 1. The lowest BCUT2D eigenvalue weighted by Crippen LogP contribution is -2.79. The third-order valence-corrected chi connectivity index (χ3v) is 10.9. The molecule has 4 aliphatic rings. The van der Waals surface area contributed by atoms with Crippen LogP contribution in [0.1, 0.15) is 80.8 Å². The molecule has 1 amide bonds. The van der Waals surface area contributed by atoms with Gasteiger partial charge in [0.2, 0.25) is 5.91 Å². The van der Waals surface area contributed by atoms with Gasteiger partial charge in [0.05, 0.1) is 17.6 Å². The van der Waals surface area contributed by atoms with E-state index < -0.39 is 63.9 Å². The van der Waals surface area contributed by atoms with Gasteiger partial charge in [-0.15, -0.1) is 11.6 Å². The van der Waals surface area contributed by atoms with Gasteiger partial charge in [-0.1, -0.05) is 33.8 Å². The minimum atomic E-state index is -2.50. The monoisotopic (exact) mass is 547 g/mol. The Morgan fingerprint density at radius 3 is 2.37 bits per heavy atom. The minimum absolute atomic E-state index is 0.0391. The molecule has 3 fully saturated rings. The number of fused-ring (bicyclic) bond motifs is 3. The van der Waals surface area contributed by atoms with E-state index in [-0.39, 0.29) is 34.9 Å². The third-order valence-electron chi connectivity index (χ3n) is 10.5. The predicted molar refractivity (Wildman–Crippen MR) is 140 cm³/mol. The summed E-state index contributed by atoms with van der Waals surface area (Å²) < 4.78 is 0. The summed E-state index contributed by atoms with van der Waals surface area (Å²) in [5, 5.41) is 46.1. The Balaban J connectivity index is 1.70. The van der Waals surface area contributed by atoms with Crippen LogP contribution in [0.4, 0.5) is 0 Å². The maximum atomic E-state index is 14.1. The van der Waals surface area contributed by atoms with Crippen molar-refractivity contribution in [2.45, 2.75) is 88.9 Å². The van der Waals surface area contributed by atoms with Crippen LogP contribution in [0.15, 0.2) is 12.1 Å². The van der Waals surface area contributed by atoms with Gasteiger partial charge in [0.1, 0.15) is 17.8 Å². The highest BCUT2D eigenvalue weighted by Crippen LogP contribution is 2.66. The van der Waals surface area contributed by atoms with Crippen LogP contribution in [0, 0.1) is 34.5 Å². The van der Waals surface area contributed by atoms with Gasteiger partial charge in [-0.25, -0.2) is 0 Å². The number of hydrogen-bond acceptors (Lipinski definition) is 7. The lowest BCUT2D eigenvalue weighted by atomic mass is 9.39. The number of aliphatic hydroxyl groups excluding tert-OH is 2. The summed E-state index contributed by atoms with van der Waals surface area (Å²) >= 11 is 6.41. The van der Waals surface area contributed by atoms with E-state index in [1.807, 2.05) is 26.8 Å². The van der Waals surface area contributed by atoms with Crippen molar-refractivity contribution in [1.82, 2.24) is 0 Å². The molecule has 6 N–H and O–H groups in total. The number of aromatic hydroxyl groups is 1. The number of amides is 1. The topological polar surface area (TPSA) is 158 Å². The van der Waals surface area contributed by atoms with Crippen LogP contribution >= 0.6 is 11.6 Å². The molecule has 0 bridgehead atoms. The van der Waals surface area contributed by atoms with Gasteiger partial charge in [-0.05, 0) is 72.5 Å². The number of benzene rings is 1. The fraction of sp³-hybridized carbons (Fsp3) is 0.690. The summed E-state index contributed by atoms with van der Waals surface area (Å²) in [6, 6.07) is 3.34. The van der Waals surface area contributed by atoms with Crippen LogP contribution in [0.2, 0.25) is 0 Å². The molecule has 0 aromatic heterocycles. The van der Waals surface area contributed by atoms with E-state index in [2.05, 4.69) is 0 Å². The highest BCUT2D eigenvalue weighted by atomic mass is 35.5. The molecule has 9 heteroatoms. The maximum absolute atomic E-state index is 14.1. The zero-order valence-electron chi connectivity index (χ0n) is 22.3. The Hall–Kier alpha value is -2.00. The Morgan fingerprint density at radius 2 is 1.82 bits per heavy atom. The quantitative estimate of drug-likeness (QED) is 0.287. The molecule has 5 rings (SSSR count). The van der Waals surface area contributed by atoms with Crippen LogP contribution in [0.5, 0.6) is 5.75 Å². The average molecular weight is 548 g/mol. The zero-order chi connectivity index (χ0) is 28.1. The lowest BCUT2D eigenvalue weighted by molar-refractivity contribution is -0.265. The van der Waals surface area contributed by atoms with E-state index in [0.29, 0.717) is 6.42 Å². The smallest absolute Gasteiger partial charge is 0.230 e. The normalized spacial score (nSPS) is 44.5. The van der Waals surface area contributed by atoms with Gasteiger partial charge < -0.3 is 26.2 Å². The SMILES string of the molecule is CC(C)[C@H]1C(O)[C@@H](C(N)=O)C(=O)[C@]2(O)C(O)[C@H]3C(=O)c4c(O)ccc(C5CCC(Cl)C5)c4C[C@]3(C)C[C@]12C. The number of nitrogens with two attached hydrogens (primary N) is 1. The van der Waals surface area contributed by atoms with Gasteiger partial charge in [0.25, 0.3) is 0 Å². The summed E-state index contributed by atoms with van der Waals surface area (Å²) in [6.45, 7) is 7.19. The lowest BCUT2D eigenvalue weighted by Gasteiger charge is -2.66. The molecule has 1 aromatic carbocycles. The van der Waals surface area contributed by atoms with E-state index in [1.54, 1.807) is 6.92 Å². The van der Waals surface area contributed by atoms with Crippen LogP contribution in [-0.4, -0.2) is 61.1 Å². The van der Waals surface area contributed by atoms with Gasteiger partial charge in [0.15, 0.2) is 17.2 Å². The standard InChI is InChI=1S/C29H38ClNO7/c1-12(2)20-23(34)19(26(31)37)24(35)29(38)25(36)21-22(33)18-16(10-27(21,3)11-28(20,29)4)15(7-8-17(18)32)13-5-6-14(30)9-13/h7-8,12-14,19-21,23,25,32,34,36,38H,5-6,9-11H2,1-4H3,(H2,31,37)/t13?,14?,19-,20+,21-,23?,25?,27-,28-,29+/m1/s1. The molecule has 10 atom stereocenters. The summed E-state index contributed by atoms with van der Waals surface area (Å²) in [6.07, 6.45) is -0.347. The van der Waals surface area contributed by atoms with Crippen molar-refractivity contribution in [3.8, 4) is 5.75 Å². The summed E-state index contributed by atoms with van der Waals surface area (Å²) in [7, 11) is 0. The number of aliphatic hydroxyl groups is 3. The average Bonchev–Trinajstić information content (AvgIpc) is 3.21. The first-order valence-electron chi connectivity index (χ1n) is 13.5. The molecule has 0 saturated heterocycles. The predicted octanol–water partition coefficient (Wildman–Crippen LogP) is 2.45. The number of ketones is 2. The maximum Gasteiger partial charge on any atom is 0.230 e. The second kappa shape index (κ2) is 8.75. The molecule has 1 aromatic rings. The molecular weight excluding hydrogens is 510 g/mol. The third kappa shape index (κ3) is 3.42. The molecule has 0 radical (unpaired) electrons. The minimum Gasteiger partial charge on any atom is -0.507 e. The Bertz CT molecular complexity index is 1220. The Morgan fingerprint density at radius 1 is 1.16 bits per heavy atom. The molecule has 0 heterocycles. The van der Waals surface area contributed by atoms with E-state index in [4.69, 9.17) is 17.3 Å². The van der Waals surface area contributed by atoms with Gasteiger partial charge in [0, 0.05) is 10.8 Å². The number of rotatable bonds is 3. The van der Waals surface area contributed by atoms with E-state index in [1.165, 1.54) is 6.07 Å². The molecule has 0 aliphatic heterocycles. The first-order valence-corrected chi connectivity index (χ1v) is 14.0. The van der Waals surface area contributed by atoms with E-state index in [0.717, 1.165) is 30.4 Å². The number of primary amides is 1. The van der Waals surface area contributed by atoms with Crippen molar-refractivity contribution < 1.29 is 34.8 Å². The van der Waals surface area contributed by atoms with Crippen molar-refractivity contribution in [2.24, 2.45) is 40.2 Å². The number of phenols is 1. The van der Waals surface area contributed by atoms with Crippen LogP contribution in [0.25, 0.3) is 0 Å². The first kappa shape index (κ1) is 27.6. The number of carbonyl (C=O) groups is 3. The van der Waals surface area contributed by atoms with Crippen molar-refractivity contribution in [2.75, 3.05) is 0 Å². The van der Waals surface area contributed by atoms with Crippen molar-refractivity contribution in [3.63, 3.8) is 0 Å². The molecule has 38 heavy (non-hydrogen) atoms. The van der Waals surface area contributed by atoms with Crippen LogP contribution in [-0.2, 0) is 16.0 Å². The van der Waals surface area contributed by atoms with Gasteiger partial charge in [-0.2, -0.15) is 0 Å². The second-order valence-corrected chi connectivity index (χ2v) is 13.7. The van der Waals surface area contributed by atoms with Crippen molar-refractivity contribution >= 4 is 29.1 Å². The largest absolute Gasteiger partial charge is 0.507 e. The van der Waals surface area contributed by atoms with Crippen LogP contribution in [0.3, 0.4) is 0 Å². The first-order chi connectivity index (χ1) is 17.6. The fourth-order valence-corrected chi connectivity index (χ4v) is 9.49. The van der Waals surface area contributed by atoms with Crippen LogP contribution < -0.4 is 5.73 Å². The highest BCUT2D eigenvalue weighted by Gasteiger charge is 2.75. The molecule has 208 valence electrons. The molecule has 4 aliphatic carbocycles. The summed E-state index contributed by atoms with van der Waals surface area (Å²) in [5.41, 5.74) is 2.55. The summed E-state index contributed by atoms with van der Waals surface area (Å²) in [4.78, 5) is 40.2.